The van der Waals surface area contributed by atoms with Crippen LogP contribution in [0.1, 0.15) is 11.1 Å². The highest BCUT2D eigenvalue weighted by Crippen LogP contribution is 2.28. The first-order chi connectivity index (χ1) is 15.8. The van der Waals surface area contributed by atoms with E-state index in [-0.39, 0.29) is 16.3 Å². The van der Waals surface area contributed by atoms with Gasteiger partial charge in [0.2, 0.25) is 15.7 Å². The molecule has 0 atom stereocenters. The lowest BCUT2D eigenvalue weighted by molar-refractivity contribution is 0.460. The zero-order valence-corrected chi connectivity index (χ0v) is 18.8. The number of ether oxygens (including phenoxy) is 1. The third-order valence-electron chi connectivity index (χ3n) is 4.81. The molecule has 33 heavy (non-hydrogen) atoms. The molecular weight excluding hydrogens is 462 g/mol. The summed E-state index contributed by atoms with van der Waals surface area (Å²) in [6.07, 6.45) is 2.49. The van der Waals surface area contributed by atoms with Gasteiger partial charge in [0.05, 0.1) is 4.90 Å². The largest absolute Gasteiger partial charge is 0.438 e. The number of hydrogen-bond acceptors (Lipinski definition) is 6. The normalized spacial score (nSPS) is 11.8. The third kappa shape index (κ3) is 4.37. The van der Waals surface area contributed by atoms with Crippen molar-refractivity contribution >= 4 is 33.2 Å². The van der Waals surface area contributed by atoms with Gasteiger partial charge in [-0.15, -0.1) is 0 Å². The molecule has 0 unspecified atom stereocenters. The van der Waals surface area contributed by atoms with Crippen LogP contribution in [0.15, 0.2) is 87.5 Å². The molecule has 0 aliphatic heterocycles. The summed E-state index contributed by atoms with van der Waals surface area (Å²) >= 11 is 6.08. The molecule has 2 aromatic carbocycles. The first-order valence-corrected chi connectivity index (χ1v) is 11.5. The van der Waals surface area contributed by atoms with Crippen molar-refractivity contribution < 1.29 is 13.2 Å². The van der Waals surface area contributed by atoms with E-state index in [0.717, 1.165) is 11.6 Å². The molecule has 164 valence electrons. The second kappa shape index (κ2) is 8.90. The molecule has 2 aromatic heterocycles. The molecular formula is C24H16ClN3O4S. The topological polar surface area (TPSA) is 102 Å². The van der Waals surface area contributed by atoms with E-state index in [0.29, 0.717) is 16.4 Å². The van der Waals surface area contributed by atoms with Gasteiger partial charge in [0.1, 0.15) is 27.9 Å². The molecule has 0 saturated heterocycles. The van der Waals surface area contributed by atoms with E-state index in [4.69, 9.17) is 16.3 Å². The summed E-state index contributed by atoms with van der Waals surface area (Å²) in [7, 11) is -4.17. The summed E-state index contributed by atoms with van der Waals surface area (Å²) in [6, 6.07) is 19.1. The first-order valence-electron chi connectivity index (χ1n) is 9.68. The predicted molar refractivity (Wildman–Crippen MR) is 125 cm³/mol. The third-order valence-corrected chi connectivity index (χ3v) is 6.91. The average Bonchev–Trinajstić information content (AvgIpc) is 2.82. The van der Waals surface area contributed by atoms with Crippen molar-refractivity contribution in [2.45, 2.75) is 11.8 Å². The van der Waals surface area contributed by atoms with Crippen LogP contribution in [0.4, 0.5) is 0 Å². The summed E-state index contributed by atoms with van der Waals surface area (Å²) in [4.78, 5) is 17.0. The van der Waals surface area contributed by atoms with Crippen molar-refractivity contribution in [2.24, 2.45) is 0 Å². The zero-order chi connectivity index (χ0) is 23.6. The Morgan fingerprint density at radius 2 is 1.85 bits per heavy atom. The van der Waals surface area contributed by atoms with Crippen LogP contribution >= 0.6 is 11.6 Å². The molecule has 0 N–H and O–H groups in total. The number of aromatic nitrogens is 2. The molecule has 0 aliphatic rings. The fourth-order valence-corrected chi connectivity index (χ4v) is 4.38. The molecule has 0 amide bonds. The molecule has 0 spiro atoms. The molecule has 2 heterocycles. The number of halogens is 1. The Bertz CT molecular complexity index is 1600. The monoisotopic (exact) mass is 477 g/mol. The van der Waals surface area contributed by atoms with E-state index >= 15 is 0 Å². The molecule has 0 radical (unpaired) electrons. The van der Waals surface area contributed by atoms with Gasteiger partial charge >= 0.3 is 0 Å². The van der Waals surface area contributed by atoms with Crippen molar-refractivity contribution in [2.75, 3.05) is 0 Å². The Hall–Kier alpha value is -3.93. The Kier molecular flexibility index (Phi) is 6.01. The number of hydrogen-bond donors (Lipinski definition) is 0. The maximum Gasteiger partial charge on any atom is 0.269 e. The molecule has 0 aliphatic carbocycles. The molecule has 4 aromatic rings. The fourth-order valence-electron chi connectivity index (χ4n) is 3.10. The maximum absolute atomic E-state index is 13.2. The van der Waals surface area contributed by atoms with Gasteiger partial charge in [0.15, 0.2) is 0 Å². The number of nitriles is 1. The minimum absolute atomic E-state index is 0.0672. The van der Waals surface area contributed by atoms with Gasteiger partial charge in [0.25, 0.3) is 5.56 Å². The van der Waals surface area contributed by atoms with Crippen LogP contribution in [0.2, 0.25) is 5.02 Å². The lowest BCUT2D eigenvalue weighted by Crippen LogP contribution is -2.19. The lowest BCUT2D eigenvalue weighted by atomic mass is 10.2. The van der Waals surface area contributed by atoms with Gasteiger partial charge in [-0.3, -0.25) is 9.20 Å². The van der Waals surface area contributed by atoms with Crippen LogP contribution in [0.3, 0.4) is 0 Å². The number of fused-ring (bicyclic) bond motifs is 1. The average molecular weight is 478 g/mol. The van der Waals surface area contributed by atoms with E-state index in [1.54, 1.807) is 67.6 Å². The fraction of sp³-hybridized carbons (Fsp3) is 0.0417. The maximum atomic E-state index is 13.2. The number of allylic oxidation sites excluding steroid dienone is 1. The molecule has 0 bridgehead atoms. The Balaban J connectivity index is 1.94. The zero-order valence-electron chi connectivity index (χ0n) is 17.3. The molecule has 0 fully saturated rings. The number of benzene rings is 2. The Morgan fingerprint density at radius 3 is 2.55 bits per heavy atom. The van der Waals surface area contributed by atoms with Crippen LogP contribution in [0, 0.1) is 18.3 Å². The van der Waals surface area contributed by atoms with E-state index in [1.807, 2.05) is 0 Å². The highest BCUT2D eigenvalue weighted by atomic mass is 35.5. The predicted octanol–water partition coefficient (Wildman–Crippen LogP) is 4.79. The quantitative estimate of drug-likeness (QED) is 0.383. The standard InChI is InChI=1S/C24H16ClN3O4S/c1-16-13-17(10-11-21(16)25)32-23-20(24(29)28-12-6-5-9-22(28)27-23)14-19(15-26)33(30,31)18-7-3-2-4-8-18/h2-14H,1H3/b19-14+. The minimum atomic E-state index is -4.17. The number of sulfone groups is 1. The van der Waals surface area contributed by atoms with E-state index in [1.165, 1.54) is 22.7 Å². The van der Waals surface area contributed by atoms with E-state index in [2.05, 4.69) is 4.98 Å². The van der Waals surface area contributed by atoms with Gasteiger partial charge in [-0.05, 0) is 61.0 Å². The Labute approximate surface area is 194 Å². The van der Waals surface area contributed by atoms with Crippen LogP contribution in [-0.2, 0) is 9.84 Å². The van der Waals surface area contributed by atoms with Gasteiger partial charge in [-0.1, -0.05) is 35.9 Å². The summed E-state index contributed by atoms with van der Waals surface area (Å²) in [5, 5.41) is 10.2. The van der Waals surface area contributed by atoms with Gasteiger partial charge in [0, 0.05) is 11.2 Å². The number of aryl methyl sites for hydroxylation is 1. The highest BCUT2D eigenvalue weighted by molar-refractivity contribution is 7.95. The van der Waals surface area contributed by atoms with Crippen LogP contribution in [0.25, 0.3) is 11.7 Å². The summed E-state index contributed by atoms with van der Waals surface area (Å²) in [5.41, 5.74) is 0.276. The van der Waals surface area contributed by atoms with E-state index < -0.39 is 20.3 Å². The number of nitrogens with zero attached hydrogens (tertiary/aromatic N) is 3. The van der Waals surface area contributed by atoms with Crippen molar-refractivity contribution in [3.8, 4) is 17.7 Å². The van der Waals surface area contributed by atoms with Crippen molar-refractivity contribution in [1.29, 1.82) is 5.26 Å². The second-order valence-corrected chi connectivity index (χ2v) is 9.34. The molecule has 0 saturated carbocycles. The lowest BCUT2D eigenvalue weighted by Gasteiger charge is -2.11. The van der Waals surface area contributed by atoms with Crippen molar-refractivity contribution in [3.05, 3.63) is 104 Å². The highest BCUT2D eigenvalue weighted by Gasteiger charge is 2.23. The Morgan fingerprint density at radius 1 is 1.12 bits per heavy atom. The second-order valence-electron chi connectivity index (χ2n) is 7.01. The molecule has 7 nitrogen and oxygen atoms in total. The van der Waals surface area contributed by atoms with Gasteiger partial charge in [-0.25, -0.2) is 8.42 Å². The molecule has 9 heteroatoms. The first kappa shape index (κ1) is 22.3. The summed E-state index contributed by atoms with van der Waals surface area (Å²) < 4.78 is 33.1. The number of pyridine rings is 1. The van der Waals surface area contributed by atoms with E-state index in [9.17, 15) is 18.5 Å². The summed E-state index contributed by atoms with van der Waals surface area (Å²) in [5.74, 6) is 0.215. The van der Waals surface area contributed by atoms with Crippen LogP contribution in [-0.4, -0.2) is 17.8 Å². The smallest absolute Gasteiger partial charge is 0.269 e. The van der Waals surface area contributed by atoms with Crippen molar-refractivity contribution in [1.82, 2.24) is 9.38 Å². The molecule has 4 rings (SSSR count). The van der Waals surface area contributed by atoms with Gasteiger partial charge in [-0.2, -0.15) is 10.2 Å². The summed E-state index contributed by atoms with van der Waals surface area (Å²) in [6.45, 7) is 1.79. The minimum Gasteiger partial charge on any atom is -0.438 e. The van der Waals surface area contributed by atoms with Crippen LogP contribution < -0.4 is 10.3 Å². The van der Waals surface area contributed by atoms with Crippen molar-refractivity contribution in [3.63, 3.8) is 0 Å². The van der Waals surface area contributed by atoms with Gasteiger partial charge < -0.3 is 4.74 Å². The number of rotatable bonds is 5. The SMILES string of the molecule is Cc1cc(Oc2nc3ccccn3c(=O)c2/C=C(\C#N)S(=O)(=O)c2ccccc2)ccc1Cl. The van der Waals surface area contributed by atoms with Crippen LogP contribution in [0.5, 0.6) is 11.6 Å².